The molecule has 2 aromatic rings. The minimum Gasteiger partial charge on any atom is -0.378 e. The predicted octanol–water partition coefficient (Wildman–Crippen LogP) is 4.73. The first kappa shape index (κ1) is 14.1. The van der Waals surface area contributed by atoms with Gasteiger partial charge in [-0.2, -0.15) is 0 Å². The number of benzene rings is 1. The molecule has 0 saturated heterocycles. The minimum absolute atomic E-state index is 0.0863. The Kier molecular flexibility index (Phi) is 3.43. The maximum atomic E-state index is 6.04. The van der Waals surface area contributed by atoms with Crippen LogP contribution in [0.3, 0.4) is 0 Å². The molecule has 1 fully saturated rings. The van der Waals surface area contributed by atoms with Crippen molar-refractivity contribution in [1.29, 1.82) is 0 Å². The van der Waals surface area contributed by atoms with Gasteiger partial charge in [-0.25, -0.2) is 0 Å². The van der Waals surface area contributed by atoms with Gasteiger partial charge in [0.05, 0.1) is 17.1 Å². The fourth-order valence-electron chi connectivity index (χ4n) is 3.20. The molecule has 0 aliphatic heterocycles. The highest BCUT2D eigenvalue weighted by Crippen LogP contribution is 2.52. The number of aromatic nitrogens is 2. The summed E-state index contributed by atoms with van der Waals surface area (Å²) in [6, 6.07) is 6.24. The van der Waals surface area contributed by atoms with Gasteiger partial charge in [0, 0.05) is 23.1 Å². The van der Waals surface area contributed by atoms with Gasteiger partial charge in [0.25, 0.3) is 0 Å². The topological polar surface area (TPSA) is 29.9 Å². The molecule has 3 nitrogen and oxygen atoms in total. The van der Waals surface area contributed by atoms with Gasteiger partial charge < -0.3 is 14.3 Å². The Labute approximate surface area is 128 Å². The van der Waals surface area contributed by atoms with Gasteiger partial charge in [-0.3, -0.25) is 0 Å². The Morgan fingerprint density at radius 3 is 2.90 bits per heavy atom. The number of ether oxygens (including phenoxy) is 1. The van der Waals surface area contributed by atoms with Crippen LogP contribution in [0.4, 0.5) is 0 Å². The lowest BCUT2D eigenvalue weighted by molar-refractivity contribution is -0.127. The summed E-state index contributed by atoms with van der Waals surface area (Å²) in [4.78, 5) is 3.25. The predicted molar refractivity (Wildman–Crippen MR) is 85.0 cm³/mol. The van der Waals surface area contributed by atoms with E-state index in [1.54, 1.807) is 0 Å². The van der Waals surface area contributed by atoms with Gasteiger partial charge in [-0.15, -0.1) is 0 Å². The Morgan fingerprint density at radius 1 is 1.50 bits per heavy atom. The summed E-state index contributed by atoms with van der Waals surface area (Å²) in [6.07, 6.45) is 1.31. The molecule has 1 aliphatic rings. The average Bonchev–Trinajstić information content (AvgIpc) is 2.69. The summed E-state index contributed by atoms with van der Waals surface area (Å²) in [5.41, 5.74) is 2.20. The molecule has 5 heteroatoms. The van der Waals surface area contributed by atoms with Crippen molar-refractivity contribution in [1.82, 2.24) is 9.55 Å². The molecular formula is C15H19ClN2OS. The van der Waals surface area contributed by atoms with Crippen LogP contribution in [-0.4, -0.2) is 22.3 Å². The van der Waals surface area contributed by atoms with E-state index in [1.165, 1.54) is 0 Å². The van der Waals surface area contributed by atoms with Crippen LogP contribution in [-0.2, 0) is 4.74 Å². The first-order chi connectivity index (χ1) is 9.45. The van der Waals surface area contributed by atoms with Crippen LogP contribution in [0.2, 0.25) is 5.02 Å². The van der Waals surface area contributed by atoms with E-state index in [2.05, 4.69) is 23.4 Å². The molecule has 3 rings (SSSR count). The maximum absolute atomic E-state index is 6.04. The van der Waals surface area contributed by atoms with E-state index in [1.807, 2.05) is 25.1 Å². The molecule has 108 valence electrons. The number of imidazole rings is 1. The Hall–Kier alpha value is -0.840. The van der Waals surface area contributed by atoms with E-state index in [-0.39, 0.29) is 5.41 Å². The summed E-state index contributed by atoms with van der Waals surface area (Å²) >= 11 is 11.5. The van der Waals surface area contributed by atoms with E-state index in [0.29, 0.717) is 12.1 Å². The summed E-state index contributed by atoms with van der Waals surface area (Å²) in [6.45, 7) is 7.30. The van der Waals surface area contributed by atoms with Gasteiger partial charge in [0.1, 0.15) is 0 Å². The zero-order chi connectivity index (χ0) is 14.5. The molecule has 1 N–H and O–H groups in total. The fourth-order valence-corrected chi connectivity index (χ4v) is 3.71. The number of aromatic amines is 1. The molecule has 1 saturated carbocycles. The first-order valence-electron chi connectivity index (χ1n) is 6.96. The number of hydrogen-bond donors (Lipinski definition) is 1. The number of fused-ring (bicyclic) bond motifs is 1. The Balaban J connectivity index is 2.04. The van der Waals surface area contributed by atoms with Gasteiger partial charge in [-0.05, 0) is 43.8 Å². The van der Waals surface area contributed by atoms with Crippen molar-refractivity contribution in [2.75, 3.05) is 6.61 Å². The molecule has 0 bridgehead atoms. The zero-order valence-electron chi connectivity index (χ0n) is 11.9. The van der Waals surface area contributed by atoms with Crippen molar-refractivity contribution in [3.8, 4) is 0 Å². The van der Waals surface area contributed by atoms with Crippen LogP contribution in [0, 0.1) is 10.2 Å². The first-order valence-corrected chi connectivity index (χ1v) is 7.75. The largest absolute Gasteiger partial charge is 0.378 e. The van der Waals surface area contributed by atoms with E-state index in [4.69, 9.17) is 28.6 Å². The third-order valence-electron chi connectivity index (χ3n) is 4.48. The molecule has 0 amide bonds. The lowest BCUT2D eigenvalue weighted by atomic mass is 9.64. The highest BCUT2D eigenvalue weighted by Gasteiger charge is 2.50. The lowest BCUT2D eigenvalue weighted by Crippen LogP contribution is -2.51. The second kappa shape index (κ2) is 4.86. The average molecular weight is 311 g/mol. The lowest BCUT2D eigenvalue weighted by Gasteiger charge is -2.52. The van der Waals surface area contributed by atoms with Crippen molar-refractivity contribution in [2.24, 2.45) is 5.41 Å². The van der Waals surface area contributed by atoms with Gasteiger partial charge in [0.2, 0.25) is 0 Å². The van der Waals surface area contributed by atoms with Crippen LogP contribution in [0.25, 0.3) is 11.0 Å². The third-order valence-corrected chi connectivity index (χ3v) is 5.02. The summed E-state index contributed by atoms with van der Waals surface area (Å²) in [5.74, 6) is 0. The maximum Gasteiger partial charge on any atom is 0.178 e. The van der Waals surface area contributed by atoms with E-state index < -0.39 is 0 Å². The number of rotatable bonds is 3. The van der Waals surface area contributed by atoms with Crippen molar-refractivity contribution in [3.63, 3.8) is 0 Å². The number of halogens is 1. The summed E-state index contributed by atoms with van der Waals surface area (Å²) < 4.78 is 8.79. The van der Waals surface area contributed by atoms with Crippen LogP contribution < -0.4 is 0 Å². The van der Waals surface area contributed by atoms with E-state index in [0.717, 1.165) is 33.9 Å². The number of nitrogens with one attached hydrogen (secondary N) is 1. The highest BCUT2D eigenvalue weighted by atomic mass is 35.5. The molecule has 1 aromatic carbocycles. The molecule has 20 heavy (non-hydrogen) atoms. The second-order valence-electron chi connectivity index (χ2n) is 5.98. The van der Waals surface area contributed by atoms with Crippen molar-refractivity contribution >= 4 is 34.9 Å². The molecule has 0 spiro atoms. The van der Waals surface area contributed by atoms with Crippen LogP contribution >= 0.6 is 23.8 Å². The minimum atomic E-state index is 0.0863. The Morgan fingerprint density at radius 2 is 2.25 bits per heavy atom. The highest BCUT2D eigenvalue weighted by molar-refractivity contribution is 7.71. The quantitative estimate of drug-likeness (QED) is 0.831. The summed E-state index contributed by atoms with van der Waals surface area (Å²) in [7, 11) is 0. The van der Waals surface area contributed by atoms with Gasteiger partial charge >= 0.3 is 0 Å². The van der Waals surface area contributed by atoms with Gasteiger partial charge in [-0.1, -0.05) is 25.4 Å². The number of hydrogen-bond acceptors (Lipinski definition) is 2. The van der Waals surface area contributed by atoms with Crippen molar-refractivity contribution in [2.45, 2.75) is 39.3 Å². The zero-order valence-corrected chi connectivity index (χ0v) is 13.5. The number of nitrogens with zero attached hydrogens (tertiary/aromatic N) is 1. The molecule has 1 aliphatic carbocycles. The second-order valence-corrected chi connectivity index (χ2v) is 6.80. The SMILES string of the molecule is CCOC1CC(n2c(=S)[nH]c3cc(Cl)ccc32)C1(C)C. The molecular weight excluding hydrogens is 292 g/mol. The van der Waals surface area contributed by atoms with Crippen molar-refractivity contribution < 1.29 is 4.74 Å². The monoisotopic (exact) mass is 310 g/mol. The molecule has 2 unspecified atom stereocenters. The molecule has 1 heterocycles. The normalized spacial score (nSPS) is 24.8. The van der Waals surface area contributed by atoms with Crippen LogP contribution in [0.15, 0.2) is 18.2 Å². The van der Waals surface area contributed by atoms with E-state index >= 15 is 0 Å². The van der Waals surface area contributed by atoms with Crippen LogP contribution in [0.1, 0.15) is 33.2 Å². The Bertz CT molecular complexity index is 703. The standard InChI is InChI=1S/C15H19ClN2OS/c1-4-19-13-8-12(15(13,2)3)18-11-6-5-9(16)7-10(11)17-14(18)20/h5-7,12-13H,4,8H2,1-3H3,(H,17,20). The fraction of sp³-hybridized carbons (Fsp3) is 0.533. The molecule has 0 radical (unpaired) electrons. The molecule has 1 aromatic heterocycles. The smallest absolute Gasteiger partial charge is 0.178 e. The molecule has 2 atom stereocenters. The van der Waals surface area contributed by atoms with Crippen LogP contribution in [0.5, 0.6) is 0 Å². The third kappa shape index (κ3) is 2.01. The van der Waals surface area contributed by atoms with E-state index in [9.17, 15) is 0 Å². The number of H-pyrrole nitrogens is 1. The van der Waals surface area contributed by atoms with Gasteiger partial charge in [0.15, 0.2) is 4.77 Å². The van der Waals surface area contributed by atoms with Crippen molar-refractivity contribution in [3.05, 3.63) is 28.0 Å². The summed E-state index contributed by atoms with van der Waals surface area (Å²) in [5, 5.41) is 0.723.